The lowest BCUT2D eigenvalue weighted by molar-refractivity contribution is -0.148. The van der Waals surface area contributed by atoms with Gasteiger partial charge in [0.25, 0.3) is 5.91 Å². The molecular weight excluding hydrogens is 305 g/mol. The van der Waals surface area contributed by atoms with E-state index in [-0.39, 0.29) is 17.2 Å². The molecule has 5 nitrogen and oxygen atoms in total. The molecule has 1 rings (SSSR count). The minimum absolute atomic E-state index is 0.157. The average Bonchev–Trinajstić information content (AvgIpc) is 2.38. The van der Waals surface area contributed by atoms with Gasteiger partial charge in [-0.05, 0) is 32.0 Å². The van der Waals surface area contributed by atoms with Crippen LogP contribution < -0.4 is 5.32 Å². The third-order valence-corrected chi connectivity index (χ3v) is 3.23. The molecule has 0 saturated heterocycles. The molecule has 0 saturated carbocycles. The van der Waals surface area contributed by atoms with Crippen LogP contribution >= 0.6 is 23.2 Å². The van der Waals surface area contributed by atoms with Gasteiger partial charge in [0.15, 0.2) is 6.04 Å². The lowest BCUT2D eigenvalue weighted by atomic mass is 10.1. The molecular formula is C13H15Cl2NO4. The van der Waals surface area contributed by atoms with E-state index >= 15 is 0 Å². The highest BCUT2D eigenvalue weighted by Gasteiger charge is 2.27. The number of aliphatic hydroxyl groups is 1. The molecule has 0 aliphatic heterocycles. The molecule has 1 aromatic rings. The number of amides is 1. The summed E-state index contributed by atoms with van der Waals surface area (Å²) in [6.07, 6.45) is -1.08. The van der Waals surface area contributed by atoms with Crippen molar-refractivity contribution in [2.75, 3.05) is 6.61 Å². The molecule has 7 heteroatoms. The number of benzene rings is 1. The Balaban J connectivity index is 2.85. The standard InChI is InChI=1S/C13H15Cl2NO4/c1-3-20-13(19)11(7(2)17)16-12(18)8-4-5-9(14)10(15)6-8/h4-7,11,17H,3H2,1-2H3,(H,16,18)/t7-,11+/m1/s1. The number of hydrogen-bond acceptors (Lipinski definition) is 4. The summed E-state index contributed by atoms with van der Waals surface area (Å²) >= 11 is 11.6. The number of rotatable bonds is 5. The largest absolute Gasteiger partial charge is 0.464 e. The summed E-state index contributed by atoms with van der Waals surface area (Å²) < 4.78 is 4.78. The molecule has 1 aromatic carbocycles. The third kappa shape index (κ3) is 4.37. The van der Waals surface area contributed by atoms with Crippen LogP contribution in [0.4, 0.5) is 0 Å². The van der Waals surface area contributed by atoms with Gasteiger partial charge in [-0.15, -0.1) is 0 Å². The lowest BCUT2D eigenvalue weighted by Crippen LogP contribution is -2.48. The predicted octanol–water partition coefficient (Wildman–Crippen LogP) is 2.04. The summed E-state index contributed by atoms with van der Waals surface area (Å²) in [5.74, 6) is -1.25. The number of ether oxygens (including phenoxy) is 1. The van der Waals surface area contributed by atoms with Crippen LogP contribution in [0.15, 0.2) is 18.2 Å². The maximum absolute atomic E-state index is 12.0. The molecule has 0 unspecified atom stereocenters. The molecule has 2 N–H and O–H groups in total. The highest BCUT2D eigenvalue weighted by molar-refractivity contribution is 6.42. The molecule has 2 atom stereocenters. The summed E-state index contributed by atoms with van der Waals surface area (Å²) in [5, 5.41) is 12.5. The first-order valence-corrected chi connectivity index (χ1v) is 6.73. The number of aliphatic hydroxyl groups excluding tert-OH is 1. The Morgan fingerprint density at radius 3 is 2.50 bits per heavy atom. The molecule has 0 fully saturated rings. The normalized spacial score (nSPS) is 13.4. The number of carbonyl (C=O) groups is 2. The van der Waals surface area contributed by atoms with Crippen molar-refractivity contribution in [1.29, 1.82) is 0 Å². The fourth-order valence-electron chi connectivity index (χ4n) is 1.47. The maximum Gasteiger partial charge on any atom is 0.331 e. The van der Waals surface area contributed by atoms with Crippen molar-refractivity contribution in [3.8, 4) is 0 Å². The second-order valence-corrected chi connectivity index (χ2v) is 4.89. The second-order valence-electron chi connectivity index (χ2n) is 4.07. The first-order chi connectivity index (χ1) is 9.36. The van der Waals surface area contributed by atoms with E-state index in [1.165, 1.54) is 25.1 Å². The van der Waals surface area contributed by atoms with Crippen LogP contribution in [0, 0.1) is 0 Å². The van der Waals surface area contributed by atoms with Gasteiger partial charge in [-0.2, -0.15) is 0 Å². The minimum atomic E-state index is -1.14. The van der Waals surface area contributed by atoms with Gasteiger partial charge in [-0.3, -0.25) is 4.79 Å². The van der Waals surface area contributed by atoms with E-state index < -0.39 is 24.0 Å². The number of halogens is 2. The summed E-state index contributed by atoms with van der Waals surface area (Å²) in [4.78, 5) is 23.6. The van der Waals surface area contributed by atoms with E-state index in [2.05, 4.69) is 5.32 Å². The zero-order valence-electron chi connectivity index (χ0n) is 11.0. The van der Waals surface area contributed by atoms with E-state index in [0.29, 0.717) is 5.02 Å². The van der Waals surface area contributed by atoms with Crippen molar-refractivity contribution in [1.82, 2.24) is 5.32 Å². The molecule has 0 aliphatic carbocycles. The predicted molar refractivity (Wildman–Crippen MR) is 76.0 cm³/mol. The van der Waals surface area contributed by atoms with E-state index in [9.17, 15) is 14.7 Å². The van der Waals surface area contributed by atoms with Crippen LogP contribution in [0.5, 0.6) is 0 Å². The smallest absolute Gasteiger partial charge is 0.331 e. The average molecular weight is 320 g/mol. The molecule has 0 radical (unpaired) electrons. The van der Waals surface area contributed by atoms with E-state index in [1.54, 1.807) is 6.92 Å². The van der Waals surface area contributed by atoms with Gasteiger partial charge in [-0.25, -0.2) is 4.79 Å². The Hall–Kier alpha value is -1.30. The topological polar surface area (TPSA) is 75.6 Å². The summed E-state index contributed by atoms with van der Waals surface area (Å²) in [7, 11) is 0. The Kier molecular flexibility index (Phi) is 6.26. The van der Waals surface area contributed by atoms with Gasteiger partial charge in [-0.1, -0.05) is 23.2 Å². The van der Waals surface area contributed by atoms with Crippen molar-refractivity contribution in [3.63, 3.8) is 0 Å². The van der Waals surface area contributed by atoms with Gasteiger partial charge in [0, 0.05) is 5.56 Å². The first-order valence-electron chi connectivity index (χ1n) is 5.97. The Labute approximate surface area is 126 Å². The number of hydrogen-bond donors (Lipinski definition) is 2. The van der Waals surface area contributed by atoms with Crippen molar-refractivity contribution in [2.24, 2.45) is 0 Å². The fourth-order valence-corrected chi connectivity index (χ4v) is 1.77. The minimum Gasteiger partial charge on any atom is -0.464 e. The molecule has 0 heterocycles. The van der Waals surface area contributed by atoms with Gasteiger partial charge in [0.1, 0.15) is 0 Å². The summed E-state index contributed by atoms with van der Waals surface area (Å²) in [6, 6.07) is 3.18. The Bertz CT molecular complexity index is 505. The SMILES string of the molecule is CCOC(=O)[C@@H](NC(=O)c1ccc(Cl)c(Cl)c1)[C@@H](C)O. The van der Waals surface area contributed by atoms with Crippen LogP contribution in [0.3, 0.4) is 0 Å². The van der Waals surface area contributed by atoms with Crippen LogP contribution in [0.1, 0.15) is 24.2 Å². The van der Waals surface area contributed by atoms with Gasteiger partial charge in [0.2, 0.25) is 0 Å². The highest BCUT2D eigenvalue weighted by atomic mass is 35.5. The zero-order chi connectivity index (χ0) is 15.3. The number of esters is 1. The third-order valence-electron chi connectivity index (χ3n) is 2.49. The zero-order valence-corrected chi connectivity index (χ0v) is 12.5. The van der Waals surface area contributed by atoms with Crippen molar-refractivity contribution >= 4 is 35.1 Å². The monoisotopic (exact) mass is 319 g/mol. The van der Waals surface area contributed by atoms with Crippen molar-refractivity contribution in [3.05, 3.63) is 33.8 Å². The quantitative estimate of drug-likeness (QED) is 0.814. The fraction of sp³-hybridized carbons (Fsp3) is 0.385. The van der Waals surface area contributed by atoms with Crippen LogP contribution in [-0.4, -0.2) is 35.7 Å². The molecule has 0 aromatic heterocycles. The molecule has 0 aliphatic rings. The summed E-state index contributed by atoms with van der Waals surface area (Å²) in [6.45, 7) is 3.18. The van der Waals surface area contributed by atoms with Crippen LogP contribution in [0.25, 0.3) is 0 Å². The first kappa shape index (κ1) is 16.8. The van der Waals surface area contributed by atoms with Crippen LogP contribution in [-0.2, 0) is 9.53 Å². The van der Waals surface area contributed by atoms with Gasteiger partial charge < -0.3 is 15.2 Å². The van der Waals surface area contributed by atoms with Crippen molar-refractivity contribution in [2.45, 2.75) is 26.0 Å². The second kappa shape index (κ2) is 7.47. The van der Waals surface area contributed by atoms with E-state index in [1.807, 2.05) is 0 Å². The number of nitrogens with one attached hydrogen (secondary N) is 1. The molecule has 0 bridgehead atoms. The van der Waals surface area contributed by atoms with Crippen LogP contribution in [0.2, 0.25) is 10.0 Å². The Morgan fingerprint density at radius 1 is 1.35 bits per heavy atom. The molecule has 20 heavy (non-hydrogen) atoms. The van der Waals surface area contributed by atoms with Crippen molar-refractivity contribution < 1.29 is 19.4 Å². The molecule has 1 amide bonds. The highest BCUT2D eigenvalue weighted by Crippen LogP contribution is 2.22. The molecule has 0 spiro atoms. The van der Waals surface area contributed by atoms with E-state index in [4.69, 9.17) is 27.9 Å². The Morgan fingerprint density at radius 2 is 2.00 bits per heavy atom. The van der Waals surface area contributed by atoms with Gasteiger partial charge in [0.05, 0.1) is 22.8 Å². The number of carbonyl (C=O) groups excluding carboxylic acids is 2. The summed E-state index contributed by atoms with van der Waals surface area (Å²) in [5.41, 5.74) is 0.231. The molecule has 110 valence electrons. The maximum atomic E-state index is 12.0. The lowest BCUT2D eigenvalue weighted by Gasteiger charge is -2.19. The van der Waals surface area contributed by atoms with E-state index in [0.717, 1.165) is 0 Å². The van der Waals surface area contributed by atoms with Gasteiger partial charge >= 0.3 is 5.97 Å².